The zero-order valence-corrected chi connectivity index (χ0v) is 15.6. The number of benzene rings is 1. The Kier molecular flexibility index (Phi) is 6.52. The molecule has 130 valence electrons. The molecule has 0 aliphatic carbocycles. The molecule has 24 heavy (non-hydrogen) atoms. The Morgan fingerprint density at radius 1 is 1.38 bits per heavy atom. The number of halogens is 2. The molecule has 2 aromatic rings. The Morgan fingerprint density at radius 2 is 2.12 bits per heavy atom. The highest BCUT2D eigenvalue weighted by Crippen LogP contribution is 2.22. The molecule has 1 aromatic heterocycles. The predicted molar refractivity (Wildman–Crippen MR) is 97.5 cm³/mol. The van der Waals surface area contributed by atoms with Crippen molar-refractivity contribution < 1.29 is 4.79 Å². The monoisotopic (exact) mass is 368 g/mol. The minimum Gasteiger partial charge on any atom is -0.338 e. The molecule has 0 unspecified atom stereocenters. The first-order valence-corrected chi connectivity index (χ1v) is 8.66. The first-order valence-electron chi connectivity index (χ1n) is 7.90. The zero-order valence-electron chi connectivity index (χ0n) is 14.1. The summed E-state index contributed by atoms with van der Waals surface area (Å²) in [6.45, 7) is 7.47. The Hall–Kier alpha value is -1.72. The van der Waals surface area contributed by atoms with Crippen LogP contribution in [0.25, 0.3) is 0 Å². The van der Waals surface area contributed by atoms with Crippen LogP contribution in [0, 0.1) is 0 Å². The van der Waals surface area contributed by atoms with Crippen LogP contribution < -0.4 is 5.32 Å². The van der Waals surface area contributed by atoms with Gasteiger partial charge in [-0.15, -0.1) is 0 Å². The summed E-state index contributed by atoms with van der Waals surface area (Å²) < 4.78 is 1.99. The van der Waals surface area contributed by atoms with Crippen LogP contribution in [0.3, 0.4) is 0 Å². The number of urea groups is 1. The van der Waals surface area contributed by atoms with E-state index < -0.39 is 0 Å². The van der Waals surface area contributed by atoms with Crippen molar-refractivity contribution >= 4 is 29.2 Å². The van der Waals surface area contributed by atoms with Crippen molar-refractivity contribution in [3.63, 3.8) is 0 Å². The van der Waals surface area contributed by atoms with Gasteiger partial charge < -0.3 is 14.8 Å². The fourth-order valence-corrected chi connectivity index (χ4v) is 2.83. The highest BCUT2D eigenvalue weighted by atomic mass is 35.5. The molecule has 5 nitrogen and oxygen atoms in total. The number of rotatable bonds is 6. The van der Waals surface area contributed by atoms with Gasteiger partial charge in [0.2, 0.25) is 0 Å². The number of aromatic nitrogens is 2. The maximum atomic E-state index is 12.2. The normalized spacial score (nSPS) is 10.9. The average molecular weight is 369 g/mol. The number of amides is 2. The second-order valence-electron chi connectivity index (χ2n) is 5.76. The van der Waals surface area contributed by atoms with Crippen LogP contribution in [0.1, 0.15) is 32.2 Å². The zero-order chi connectivity index (χ0) is 17.7. The molecule has 0 fully saturated rings. The van der Waals surface area contributed by atoms with Crippen molar-refractivity contribution in [2.75, 3.05) is 6.54 Å². The first-order chi connectivity index (χ1) is 11.4. The van der Waals surface area contributed by atoms with E-state index in [1.54, 1.807) is 17.2 Å². The van der Waals surface area contributed by atoms with Crippen LogP contribution in [0.15, 0.2) is 30.6 Å². The summed E-state index contributed by atoms with van der Waals surface area (Å²) in [6.07, 6.45) is 3.62. The average Bonchev–Trinajstić information content (AvgIpc) is 2.94. The van der Waals surface area contributed by atoms with Gasteiger partial charge in [0.15, 0.2) is 0 Å². The van der Waals surface area contributed by atoms with E-state index in [-0.39, 0.29) is 12.1 Å². The van der Waals surface area contributed by atoms with E-state index in [1.807, 2.05) is 43.7 Å². The number of nitrogens with zero attached hydrogens (tertiary/aromatic N) is 3. The molecule has 2 rings (SSSR count). The van der Waals surface area contributed by atoms with Crippen LogP contribution in [-0.2, 0) is 13.1 Å². The highest BCUT2D eigenvalue weighted by Gasteiger charge is 2.19. The Morgan fingerprint density at radius 3 is 2.75 bits per heavy atom. The lowest BCUT2D eigenvalue weighted by Crippen LogP contribution is -2.43. The molecular weight excluding hydrogens is 347 g/mol. The fourth-order valence-electron chi connectivity index (χ4n) is 2.36. The molecule has 1 N–H and O–H groups in total. The second-order valence-corrected chi connectivity index (χ2v) is 6.61. The molecule has 0 saturated carbocycles. The van der Waals surface area contributed by atoms with Gasteiger partial charge in [-0.05, 0) is 38.5 Å². The molecule has 2 amide bonds. The Balaban J connectivity index is 2.18. The largest absolute Gasteiger partial charge is 0.338 e. The molecule has 0 atom stereocenters. The second kappa shape index (κ2) is 8.40. The lowest BCUT2D eigenvalue weighted by molar-refractivity contribution is 0.177. The van der Waals surface area contributed by atoms with Crippen molar-refractivity contribution in [3.8, 4) is 0 Å². The van der Waals surface area contributed by atoms with Gasteiger partial charge in [0.1, 0.15) is 5.82 Å². The topological polar surface area (TPSA) is 50.2 Å². The Bertz CT molecular complexity index is 700. The molecule has 0 aliphatic rings. The lowest BCUT2D eigenvalue weighted by Gasteiger charge is -2.26. The third kappa shape index (κ3) is 4.65. The van der Waals surface area contributed by atoms with Gasteiger partial charge in [-0.3, -0.25) is 0 Å². The van der Waals surface area contributed by atoms with Crippen LogP contribution in [0.4, 0.5) is 4.79 Å². The minimum absolute atomic E-state index is 0.0702. The third-order valence-corrected chi connectivity index (χ3v) is 4.27. The summed E-state index contributed by atoms with van der Waals surface area (Å²) in [5.74, 6) is 0.806. The highest BCUT2D eigenvalue weighted by molar-refractivity contribution is 6.35. The summed E-state index contributed by atoms with van der Waals surface area (Å²) in [5.41, 5.74) is 0.953. The van der Waals surface area contributed by atoms with Crippen LogP contribution >= 0.6 is 23.2 Å². The summed E-state index contributed by atoms with van der Waals surface area (Å²) in [7, 11) is 0. The number of hydrogen-bond acceptors (Lipinski definition) is 2. The Labute approximate surface area is 152 Å². The maximum Gasteiger partial charge on any atom is 0.318 e. The lowest BCUT2D eigenvalue weighted by atomic mass is 10.2. The molecule has 0 spiro atoms. The quantitative estimate of drug-likeness (QED) is 0.831. The number of carbonyl (C=O) groups is 1. The van der Waals surface area contributed by atoms with Gasteiger partial charge in [-0.25, -0.2) is 9.78 Å². The van der Waals surface area contributed by atoms with Gasteiger partial charge in [-0.2, -0.15) is 0 Å². The van der Waals surface area contributed by atoms with Gasteiger partial charge in [-0.1, -0.05) is 29.3 Å². The predicted octanol–water partition coefficient (Wildman–Crippen LogP) is 4.18. The third-order valence-electron chi connectivity index (χ3n) is 3.68. The maximum absolute atomic E-state index is 12.2. The first kappa shape index (κ1) is 18.6. The van der Waals surface area contributed by atoms with Crippen molar-refractivity contribution in [1.29, 1.82) is 0 Å². The van der Waals surface area contributed by atoms with Crippen LogP contribution in [0.5, 0.6) is 0 Å². The number of hydrogen-bond donors (Lipinski definition) is 1. The van der Waals surface area contributed by atoms with E-state index in [1.165, 1.54) is 0 Å². The molecular formula is C17H22Cl2N4O. The number of imidazole rings is 1. The van der Waals surface area contributed by atoms with E-state index in [4.69, 9.17) is 23.2 Å². The van der Waals surface area contributed by atoms with E-state index in [0.717, 1.165) is 11.4 Å². The van der Waals surface area contributed by atoms with Gasteiger partial charge >= 0.3 is 6.03 Å². The van der Waals surface area contributed by atoms with Crippen molar-refractivity contribution in [2.45, 2.75) is 39.9 Å². The van der Waals surface area contributed by atoms with Crippen molar-refractivity contribution in [2.24, 2.45) is 0 Å². The van der Waals surface area contributed by atoms with Gasteiger partial charge in [0, 0.05) is 35.0 Å². The number of carbonyl (C=O) groups excluding carboxylic acids is 1. The summed E-state index contributed by atoms with van der Waals surface area (Å²) in [6, 6.07) is 5.42. The van der Waals surface area contributed by atoms with Crippen LogP contribution in [-0.4, -0.2) is 33.1 Å². The molecule has 0 bridgehead atoms. The molecule has 0 aliphatic heterocycles. The van der Waals surface area contributed by atoms with Crippen molar-refractivity contribution in [1.82, 2.24) is 19.8 Å². The van der Waals surface area contributed by atoms with E-state index >= 15 is 0 Å². The molecule has 7 heteroatoms. The number of nitrogens with one attached hydrogen (secondary N) is 1. The minimum atomic E-state index is -0.0911. The smallest absolute Gasteiger partial charge is 0.318 e. The SMILES string of the molecule is CCNC(=O)N(Cc1nccn1Cc1ccc(Cl)cc1Cl)C(C)C. The summed E-state index contributed by atoms with van der Waals surface area (Å²) in [5, 5.41) is 4.06. The fraction of sp³-hybridized carbons (Fsp3) is 0.412. The van der Waals surface area contributed by atoms with Gasteiger partial charge in [0.25, 0.3) is 0 Å². The summed E-state index contributed by atoms with van der Waals surface area (Å²) in [4.78, 5) is 18.4. The molecule has 1 aromatic carbocycles. The molecule has 0 radical (unpaired) electrons. The van der Waals surface area contributed by atoms with Gasteiger partial charge in [0.05, 0.1) is 13.1 Å². The standard InChI is InChI=1S/C17H22Cl2N4O/c1-4-20-17(24)23(12(2)3)11-16-21-7-8-22(16)10-13-5-6-14(18)9-15(13)19/h5-9,12H,4,10-11H2,1-3H3,(H,20,24). The van der Waals surface area contributed by atoms with Crippen molar-refractivity contribution in [3.05, 3.63) is 52.0 Å². The molecule has 1 heterocycles. The van der Waals surface area contributed by atoms with E-state index in [2.05, 4.69) is 10.3 Å². The van der Waals surface area contributed by atoms with E-state index in [0.29, 0.717) is 29.7 Å². The van der Waals surface area contributed by atoms with E-state index in [9.17, 15) is 4.79 Å². The van der Waals surface area contributed by atoms with Crippen LogP contribution in [0.2, 0.25) is 10.0 Å². The molecule has 0 saturated heterocycles. The summed E-state index contributed by atoms with van der Waals surface area (Å²) >= 11 is 12.2.